The van der Waals surface area contributed by atoms with Crippen LogP contribution >= 0.6 is 0 Å². The van der Waals surface area contributed by atoms with Gasteiger partial charge < -0.3 is 4.90 Å². The Morgan fingerprint density at radius 3 is 2.42 bits per heavy atom. The molecular weight excluding hydrogens is 335 g/mol. The number of carbonyl (C=O) groups excluding carboxylic acids is 1. The predicted octanol–water partition coefficient (Wildman–Crippen LogP) is 0.789. The number of piperidine rings is 1. The van der Waals surface area contributed by atoms with Crippen LogP contribution in [-0.4, -0.2) is 57.9 Å². The maximum absolute atomic E-state index is 13.0. The first kappa shape index (κ1) is 18.3. The highest BCUT2D eigenvalue weighted by Gasteiger charge is 2.21. The molecule has 0 aliphatic carbocycles. The summed E-state index contributed by atoms with van der Waals surface area (Å²) in [6, 6.07) is 4.91. The standard InChI is InChI=1S/C15H21FN4O3S/c1-19-9-7-13(8-10-19)17-18-15(21)11-20(24(2,22)23)14-5-3-12(16)4-6-14/h3-6H,7-11H2,1-2H3,(H,18,21). The number of anilines is 1. The molecule has 1 fully saturated rings. The zero-order chi connectivity index (χ0) is 17.7. The lowest BCUT2D eigenvalue weighted by molar-refractivity contribution is -0.119. The van der Waals surface area contributed by atoms with Crippen molar-refractivity contribution in [2.24, 2.45) is 5.10 Å². The third kappa shape index (κ3) is 5.27. The first-order valence-corrected chi connectivity index (χ1v) is 9.36. The van der Waals surface area contributed by atoms with Crippen molar-refractivity contribution in [2.45, 2.75) is 12.8 Å². The minimum atomic E-state index is -3.68. The van der Waals surface area contributed by atoms with E-state index in [9.17, 15) is 17.6 Å². The summed E-state index contributed by atoms with van der Waals surface area (Å²) < 4.78 is 37.7. The third-order valence-electron chi connectivity index (χ3n) is 3.71. The van der Waals surface area contributed by atoms with Gasteiger partial charge >= 0.3 is 0 Å². The van der Waals surface area contributed by atoms with Crippen LogP contribution in [0.1, 0.15) is 12.8 Å². The number of nitrogens with one attached hydrogen (secondary N) is 1. The lowest BCUT2D eigenvalue weighted by atomic mass is 10.1. The monoisotopic (exact) mass is 356 g/mol. The predicted molar refractivity (Wildman–Crippen MR) is 90.9 cm³/mol. The smallest absolute Gasteiger partial charge is 0.260 e. The Morgan fingerprint density at radius 1 is 1.29 bits per heavy atom. The van der Waals surface area contributed by atoms with Crippen LogP contribution in [0.2, 0.25) is 0 Å². The molecule has 1 aliphatic rings. The molecule has 0 aromatic heterocycles. The lowest BCUT2D eigenvalue weighted by Crippen LogP contribution is -2.39. The quantitative estimate of drug-likeness (QED) is 0.791. The summed E-state index contributed by atoms with van der Waals surface area (Å²) in [5.74, 6) is -1.03. The van der Waals surface area contributed by atoms with Crippen molar-refractivity contribution in [2.75, 3.05) is 37.2 Å². The molecule has 1 saturated heterocycles. The Kier molecular flexibility index (Phi) is 5.89. The second kappa shape index (κ2) is 7.71. The molecule has 2 rings (SSSR count). The molecule has 1 aliphatic heterocycles. The summed E-state index contributed by atoms with van der Waals surface area (Å²) in [4.78, 5) is 14.2. The lowest BCUT2D eigenvalue weighted by Gasteiger charge is -2.23. The van der Waals surface area contributed by atoms with Crippen LogP contribution in [0.4, 0.5) is 10.1 Å². The highest BCUT2D eigenvalue weighted by atomic mass is 32.2. The van der Waals surface area contributed by atoms with Gasteiger partial charge in [-0.3, -0.25) is 9.10 Å². The number of halogens is 1. The highest BCUT2D eigenvalue weighted by molar-refractivity contribution is 7.92. The number of likely N-dealkylation sites (tertiary alicyclic amines) is 1. The maximum atomic E-state index is 13.0. The van der Waals surface area contributed by atoms with E-state index >= 15 is 0 Å². The molecule has 1 N–H and O–H groups in total. The van der Waals surface area contributed by atoms with Crippen LogP contribution in [0.15, 0.2) is 29.4 Å². The molecule has 1 amide bonds. The first-order valence-electron chi connectivity index (χ1n) is 7.52. The van der Waals surface area contributed by atoms with Gasteiger partial charge in [0.25, 0.3) is 5.91 Å². The molecule has 0 unspecified atom stereocenters. The van der Waals surface area contributed by atoms with Gasteiger partial charge in [-0.25, -0.2) is 18.2 Å². The van der Waals surface area contributed by atoms with E-state index in [1.807, 2.05) is 7.05 Å². The van der Waals surface area contributed by atoms with Crippen molar-refractivity contribution in [1.82, 2.24) is 10.3 Å². The molecule has 1 heterocycles. The number of hydrazone groups is 1. The van der Waals surface area contributed by atoms with Crippen molar-refractivity contribution in [3.63, 3.8) is 0 Å². The zero-order valence-electron chi connectivity index (χ0n) is 13.7. The number of carbonyl (C=O) groups is 1. The molecular formula is C15H21FN4O3S. The minimum absolute atomic E-state index is 0.223. The van der Waals surface area contributed by atoms with E-state index in [-0.39, 0.29) is 5.69 Å². The largest absolute Gasteiger partial charge is 0.306 e. The fourth-order valence-electron chi connectivity index (χ4n) is 2.30. The Bertz CT molecular complexity index is 709. The SMILES string of the molecule is CN1CCC(=NNC(=O)CN(c2ccc(F)cc2)S(C)(=O)=O)CC1. The van der Waals surface area contributed by atoms with Gasteiger partial charge in [0.2, 0.25) is 10.0 Å². The summed E-state index contributed by atoms with van der Waals surface area (Å²) in [6.07, 6.45) is 2.53. The maximum Gasteiger partial charge on any atom is 0.260 e. The molecule has 0 radical (unpaired) electrons. The number of nitrogens with zero attached hydrogens (tertiary/aromatic N) is 3. The van der Waals surface area contributed by atoms with Gasteiger partial charge in [-0.2, -0.15) is 5.10 Å². The van der Waals surface area contributed by atoms with E-state index in [0.717, 1.165) is 54.3 Å². The zero-order valence-corrected chi connectivity index (χ0v) is 14.5. The highest BCUT2D eigenvalue weighted by Crippen LogP contribution is 2.17. The van der Waals surface area contributed by atoms with Gasteiger partial charge in [-0.15, -0.1) is 0 Å². The van der Waals surface area contributed by atoms with Crippen molar-refractivity contribution >= 4 is 27.3 Å². The Balaban J connectivity index is 2.03. The van der Waals surface area contributed by atoms with E-state index in [1.54, 1.807) is 0 Å². The van der Waals surface area contributed by atoms with Gasteiger partial charge in [0.05, 0.1) is 11.9 Å². The molecule has 24 heavy (non-hydrogen) atoms. The van der Waals surface area contributed by atoms with Crippen LogP contribution in [-0.2, 0) is 14.8 Å². The van der Waals surface area contributed by atoms with Crippen molar-refractivity contribution in [3.05, 3.63) is 30.1 Å². The molecule has 1 aromatic carbocycles. The molecule has 0 spiro atoms. The summed E-state index contributed by atoms with van der Waals surface area (Å²) in [5, 5.41) is 4.07. The molecule has 9 heteroatoms. The summed E-state index contributed by atoms with van der Waals surface area (Å²) in [5.41, 5.74) is 3.51. The second-order valence-electron chi connectivity index (χ2n) is 5.76. The Hall–Kier alpha value is -2.00. The second-order valence-corrected chi connectivity index (χ2v) is 7.67. The van der Waals surface area contributed by atoms with Crippen molar-refractivity contribution in [1.29, 1.82) is 0 Å². The number of amides is 1. The average molecular weight is 356 g/mol. The Morgan fingerprint density at radius 2 is 1.88 bits per heavy atom. The van der Waals surface area contributed by atoms with Crippen LogP contribution < -0.4 is 9.73 Å². The van der Waals surface area contributed by atoms with Gasteiger partial charge in [-0.05, 0) is 31.3 Å². The van der Waals surface area contributed by atoms with E-state index in [1.165, 1.54) is 12.1 Å². The topological polar surface area (TPSA) is 82.1 Å². The van der Waals surface area contributed by atoms with Crippen LogP contribution in [0.5, 0.6) is 0 Å². The molecule has 0 saturated carbocycles. The number of sulfonamides is 1. The minimum Gasteiger partial charge on any atom is -0.306 e. The molecule has 132 valence electrons. The third-order valence-corrected chi connectivity index (χ3v) is 4.85. The van der Waals surface area contributed by atoms with Gasteiger partial charge in [0.1, 0.15) is 12.4 Å². The normalized spacial score (nSPS) is 15.9. The summed E-state index contributed by atoms with van der Waals surface area (Å²) in [7, 11) is -1.67. The number of benzene rings is 1. The molecule has 0 atom stereocenters. The number of rotatable bonds is 5. The summed E-state index contributed by atoms with van der Waals surface area (Å²) in [6.45, 7) is 1.33. The van der Waals surface area contributed by atoms with E-state index in [2.05, 4.69) is 15.4 Å². The van der Waals surface area contributed by atoms with E-state index in [4.69, 9.17) is 0 Å². The van der Waals surface area contributed by atoms with Crippen LogP contribution in [0.25, 0.3) is 0 Å². The van der Waals surface area contributed by atoms with E-state index in [0.29, 0.717) is 0 Å². The first-order chi connectivity index (χ1) is 11.3. The molecule has 1 aromatic rings. The average Bonchev–Trinajstić information content (AvgIpc) is 2.52. The van der Waals surface area contributed by atoms with Crippen molar-refractivity contribution < 1.29 is 17.6 Å². The van der Waals surface area contributed by atoms with E-state index < -0.39 is 28.3 Å². The summed E-state index contributed by atoms with van der Waals surface area (Å²) >= 11 is 0. The van der Waals surface area contributed by atoms with Gasteiger partial charge in [0.15, 0.2) is 0 Å². The number of hydrogen-bond acceptors (Lipinski definition) is 5. The van der Waals surface area contributed by atoms with Gasteiger partial charge in [0, 0.05) is 31.6 Å². The van der Waals surface area contributed by atoms with Crippen LogP contribution in [0.3, 0.4) is 0 Å². The van der Waals surface area contributed by atoms with Gasteiger partial charge in [-0.1, -0.05) is 0 Å². The van der Waals surface area contributed by atoms with Crippen molar-refractivity contribution in [3.8, 4) is 0 Å². The fourth-order valence-corrected chi connectivity index (χ4v) is 3.16. The number of hydrogen-bond donors (Lipinski definition) is 1. The Labute approximate surface area is 141 Å². The molecule has 0 bridgehead atoms. The fraction of sp³-hybridized carbons (Fsp3) is 0.467. The molecule has 7 nitrogen and oxygen atoms in total. The van der Waals surface area contributed by atoms with Crippen LogP contribution in [0, 0.1) is 5.82 Å².